The SMILES string of the molecule is CCN(C)C(=O)c1n[nH]c(C)c1S(=O)(=O)Cl. The highest BCUT2D eigenvalue weighted by Crippen LogP contribution is 2.22. The number of H-pyrrole nitrogens is 1. The Morgan fingerprint density at radius 1 is 1.56 bits per heavy atom. The van der Waals surface area contributed by atoms with E-state index in [4.69, 9.17) is 10.7 Å². The number of nitrogens with one attached hydrogen (secondary N) is 1. The Morgan fingerprint density at radius 3 is 2.56 bits per heavy atom. The van der Waals surface area contributed by atoms with Crippen LogP contribution in [0.3, 0.4) is 0 Å². The van der Waals surface area contributed by atoms with Gasteiger partial charge in [0, 0.05) is 24.3 Å². The van der Waals surface area contributed by atoms with Crippen molar-refractivity contribution in [2.75, 3.05) is 13.6 Å². The molecule has 1 aromatic rings. The summed E-state index contributed by atoms with van der Waals surface area (Å²) in [7, 11) is 2.82. The molecule has 0 radical (unpaired) electrons. The molecule has 0 aliphatic heterocycles. The Hall–Kier alpha value is -1.08. The van der Waals surface area contributed by atoms with Crippen LogP contribution in [-0.2, 0) is 9.05 Å². The Balaban J connectivity index is 3.32. The molecule has 8 heteroatoms. The second-order valence-corrected chi connectivity index (χ2v) is 5.79. The largest absolute Gasteiger partial charge is 0.341 e. The maximum absolute atomic E-state index is 11.8. The monoisotopic (exact) mass is 265 g/mol. The minimum atomic E-state index is -3.98. The third-order valence-electron chi connectivity index (χ3n) is 2.16. The van der Waals surface area contributed by atoms with E-state index in [0.29, 0.717) is 6.54 Å². The van der Waals surface area contributed by atoms with Crippen molar-refractivity contribution in [2.24, 2.45) is 0 Å². The molecule has 16 heavy (non-hydrogen) atoms. The first-order valence-electron chi connectivity index (χ1n) is 4.54. The Labute approximate surface area is 98.0 Å². The van der Waals surface area contributed by atoms with Gasteiger partial charge in [-0.25, -0.2) is 8.42 Å². The van der Waals surface area contributed by atoms with Crippen LogP contribution >= 0.6 is 10.7 Å². The topological polar surface area (TPSA) is 83.1 Å². The van der Waals surface area contributed by atoms with Crippen molar-refractivity contribution in [3.05, 3.63) is 11.4 Å². The number of carbonyl (C=O) groups excluding carboxylic acids is 1. The van der Waals surface area contributed by atoms with E-state index in [1.165, 1.54) is 11.8 Å². The zero-order valence-electron chi connectivity index (χ0n) is 9.11. The summed E-state index contributed by atoms with van der Waals surface area (Å²) in [6.45, 7) is 3.71. The van der Waals surface area contributed by atoms with Crippen molar-refractivity contribution in [3.63, 3.8) is 0 Å². The van der Waals surface area contributed by atoms with Crippen LogP contribution in [0.4, 0.5) is 0 Å². The number of halogens is 1. The van der Waals surface area contributed by atoms with Gasteiger partial charge in [0.2, 0.25) is 0 Å². The predicted molar refractivity (Wildman–Crippen MR) is 59.0 cm³/mol. The molecule has 1 aromatic heterocycles. The number of aromatic nitrogens is 2. The molecule has 1 heterocycles. The molecule has 0 fully saturated rings. The summed E-state index contributed by atoms with van der Waals surface area (Å²) in [5, 5.41) is 6.11. The number of hydrogen-bond donors (Lipinski definition) is 1. The number of rotatable bonds is 3. The fraction of sp³-hybridized carbons (Fsp3) is 0.500. The standard InChI is InChI=1S/C8H12ClN3O3S/c1-4-12(3)8(13)6-7(16(9,14)15)5(2)10-11-6/h4H2,1-3H3,(H,10,11). The molecular formula is C8H12ClN3O3S. The predicted octanol–water partition coefficient (Wildman–Crippen LogP) is 0.738. The van der Waals surface area contributed by atoms with Crippen LogP contribution in [0.5, 0.6) is 0 Å². The van der Waals surface area contributed by atoms with Crippen molar-refractivity contribution in [1.29, 1.82) is 0 Å². The normalized spacial score (nSPS) is 11.5. The van der Waals surface area contributed by atoms with Crippen LogP contribution in [0.25, 0.3) is 0 Å². The quantitative estimate of drug-likeness (QED) is 0.817. The van der Waals surface area contributed by atoms with Gasteiger partial charge in [-0.2, -0.15) is 5.10 Å². The summed E-state index contributed by atoms with van der Waals surface area (Å²) in [6.07, 6.45) is 0. The molecule has 1 N–H and O–H groups in total. The lowest BCUT2D eigenvalue weighted by molar-refractivity contribution is 0.0793. The number of nitrogens with zero attached hydrogens (tertiary/aromatic N) is 2. The summed E-state index contributed by atoms with van der Waals surface area (Å²) in [5.74, 6) is -0.480. The van der Waals surface area contributed by atoms with E-state index in [2.05, 4.69) is 10.2 Å². The van der Waals surface area contributed by atoms with Gasteiger partial charge >= 0.3 is 0 Å². The van der Waals surface area contributed by atoms with Gasteiger partial charge in [0.15, 0.2) is 5.69 Å². The first-order chi connectivity index (χ1) is 7.29. The van der Waals surface area contributed by atoms with E-state index in [1.807, 2.05) is 0 Å². The highest BCUT2D eigenvalue weighted by molar-refractivity contribution is 8.13. The lowest BCUT2D eigenvalue weighted by Gasteiger charge is -2.12. The molecule has 0 aliphatic rings. The zero-order chi connectivity index (χ0) is 12.5. The number of carbonyl (C=O) groups is 1. The Bertz CT molecular complexity index is 509. The van der Waals surface area contributed by atoms with Gasteiger partial charge in [-0.15, -0.1) is 0 Å². The van der Waals surface area contributed by atoms with Gasteiger partial charge in [0.05, 0.1) is 5.69 Å². The van der Waals surface area contributed by atoms with Gasteiger partial charge in [0.25, 0.3) is 15.0 Å². The lowest BCUT2D eigenvalue weighted by Crippen LogP contribution is -2.27. The number of aromatic amines is 1. The second kappa shape index (κ2) is 4.42. The van der Waals surface area contributed by atoms with E-state index >= 15 is 0 Å². The molecule has 0 atom stereocenters. The van der Waals surface area contributed by atoms with E-state index in [9.17, 15) is 13.2 Å². The van der Waals surface area contributed by atoms with Crippen LogP contribution in [0.1, 0.15) is 23.1 Å². The summed E-state index contributed by atoms with van der Waals surface area (Å²) < 4.78 is 22.6. The minimum absolute atomic E-state index is 0.170. The molecule has 0 bridgehead atoms. The van der Waals surface area contributed by atoms with Crippen LogP contribution in [0, 0.1) is 6.92 Å². The molecule has 0 aromatic carbocycles. The highest BCUT2D eigenvalue weighted by atomic mass is 35.7. The lowest BCUT2D eigenvalue weighted by atomic mass is 10.3. The number of hydrogen-bond acceptors (Lipinski definition) is 4. The molecule has 6 nitrogen and oxygen atoms in total. The van der Waals surface area contributed by atoms with Crippen molar-refractivity contribution in [2.45, 2.75) is 18.7 Å². The van der Waals surface area contributed by atoms with Crippen LogP contribution < -0.4 is 0 Å². The van der Waals surface area contributed by atoms with Crippen LogP contribution in [0.15, 0.2) is 4.90 Å². The molecule has 0 unspecified atom stereocenters. The van der Waals surface area contributed by atoms with Gasteiger partial charge < -0.3 is 4.90 Å². The van der Waals surface area contributed by atoms with Crippen LogP contribution in [-0.4, -0.2) is 43.0 Å². The second-order valence-electron chi connectivity index (χ2n) is 3.28. The number of amides is 1. The van der Waals surface area contributed by atoms with Gasteiger partial charge in [-0.1, -0.05) is 0 Å². The summed E-state index contributed by atoms with van der Waals surface area (Å²) in [5.41, 5.74) is 0.0831. The average Bonchev–Trinajstić information content (AvgIpc) is 2.57. The number of aryl methyl sites for hydroxylation is 1. The van der Waals surface area contributed by atoms with Crippen molar-refractivity contribution in [3.8, 4) is 0 Å². The molecule has 1 amide bonds. The zero-order valence-corrected chi connectivity index (χ0v) is 10.7. The maximum Gasteiger partial charge on any atom is 0.275 e. The summed E-state index contributed by atoms with van der Waals surface area (Å²) >= 11 is 0. The Morgan fingerprint density at radius 2 is 2.12 bits per heavy atom. The first-order valence-corrected chi connectivity index (χ1v) is 6.85. The summed E-state index contributed by atoms with van der Waals surface area (Å²) in [4.78, 5) is 12.9. The molecule has 1 rings (SSSR count). The van der Waals surface area contributed by atoms with E-state index in [-0.39, 0.29) is 16.3 Å². The smallest absolute Gasteiger partial charge is 0.275 e. The van der Waals surface area contributed by atoms with Gasteiger partial charge in [-0.3, -0.25) is 9.89 Å². The van der Waals surface area contributed by atoms with E-state index in [0.717, 1.165) is 0 Å². The van der Waals surface area contributed by atoms with E-state index in [1.54, 1.807) is 14.0 Å². The van der Waals surface area contributed by atoms with Crippen molar-refractivity contribution < 1.29 is 13.2 Å². The van der Waals surface area contributed by atoms with Crippen LogP contribution in [0.2, 0.25) is 0 Å². The third kappa shape index (κ3) is 2.35. The fourth-order valence-electron chi connectivity index (χ4n) is 1.19. The third-order valence-corrected chi connectivity index (χ3v) is 3.61. The maximum atomic E-state index is 11.8. The molecule has 0 aliphatic carbocycles. The van der Waals surface area contributed by atoms with Gasteiger partial charge in [0.1, 0.15) is 4.90 Å². The van der Waals surface area contributed by atoms with Crippen molar-refractivity contribution >= 4 is 25.6 Å². The summed E-state index contributed by atoms with van der Waals surface area (Å²) in [6, 6.07) is 0. The minimum Gasteiger partial charge on any atom is -0.341 e. The van der Waals surface area contributed by atoms with Crippen molar-refractivity contribution in [1.82, 2.24) is 15.1 Å². The first kappa shape index (κ1) is 13.0. The molecular weight excluding hydrogens is 254 g/mol. The average molecular weight is 266 g/mol. The molecule has 0 spiro atoms. The van der Waals surface area contributed by atoms with Gasteiger partial charge in [-0.05, 0) is 13.8 Å². The fourth-order valence-corrected chi connectivity index (χ4v) is 2.53. The molecule has 0 saturated heterocycles. The molecule has 90 valence electrons. The highest BCUT2D eigenvalue weighted by Gasteiger charge is 2.28. The van der Waals surface area contributed by atoms with E-state index < -0.39 is 15.0 Å². The Kier molecular flexibility index (Phi) is 3.59. The molecule has 0 saturated carbocycles.